The van der Waals surface area contributed by atoms with Crippen molar-refractivity contribution in [1.82, 2.24) is 30.7 Å². The summed E-state index contributed by atoms with van der Waals surface area (Å²) in [6, 6.07) is -0.918. The van der Waals surface area contributed by atoms with Gasteiger partial charge in [0.25, 0.3) is 0 Å². The van der Waals surface area contributed by atoms with E-state index in [0.29, 0.717) is 45.3 Å². The predicted molar refractivity (Wildman–Crippen MR) is 189 cm³/mol. The number of likely N-dealkylation sites (tertiary alicyclic amines) is 1. The minimum absolute atomic E-state index is 0.0452. The number of alkyl halides is 1. The summed E-state index contributed by atoms with van der Waals surface area (Å²) in [5.74, 6) is -0.979. The molecule has 5 unspecified atom stereocenters. The Morgan fingerprint density at radius 2 is 1.63 bits per heavy atom. The van der Waals surface area contributed by atoms with Gasteiger partial charge in [-0.25, -0.2) is 8.78 Å². The third kappa shape index (κ3) is 8.35. The Bertz CT molecular complexity index is 1150. The Balaban J connectivity index is 1.24. The van der Waals surface area contributed by atoms with Gasteiger partial charge in [-0.1, -0.05) is 44.6 Å². The van der Waals surface area contributed by atoms with Gasteiger partial charge in [-0.05, 0) is 82.8 Å². The van der Waals surface area contributed by atoms with Crippen LogP contribution in [-0.2, 0) is 9.59 Å². The summed E-state index contributed by atoms with van der Waals surface area (Å²) in [4.78, 5) is 34.8. The Morgan fingerprint density at radius 1 is 0.959 bits per heavy atom. The monoisotopic (exact) mass is 691 g/mol. The highest BCUT2D eigenvalue weighted by molar-refractivity contribution is 5.81. The van der Waals surface area contributed by atoms with Crippen LogP contribution in [0.5, 0.6) is 0 Å². The third-order valence-corrected chi connectivity index (χ3v) is 13.4. The van der Waals surface area contributed by atoms with Crippen LogP contribution >= 0.6 is 0 Å². The molecule has 49 heavy (non-hydrogen) atoms. The maximum absolute atomic E-state index is 16.6. The van der Waals surface area contributed by atoms with Gasteiger partial charge < -0.3 is 37.2 Å². The number of hydrogen-bond donors (Lipinski definition) is 5. The normalized spacial score (nSPS) is 34.9. The Morgan fingerprint density at radius 3 is 2.31 bits per heavy atom. The summed E-state index contributed by atoms with van der Waals surface area (Å²) in [5.41, 5.74) is 12.0. The molecule has 0 radical (unpaired) electrons. The van der Waals surface area contributed by atoms with Gasteiger partial charge >= 0.3 is 0 Å². The number of nitrogens with one attached hydrogen (secondary N) is 3. The quantitative estimate of drug-likeness (QED) is 0.258. The standard InChI is InChI=1S/C37H64F2N8O2/c1-45-18-20-47(21-19-45)35(49)26-11-16-46(17-12-26)32-29(39)24-42-25-37(32,27-8-4-2-5-9-27)44-34(48)31(33(40)41)30-22-36(13-6-3-7-14-36)15-10-28(38)23-43-30/h10,26-27,29-33,42-43H,2-9,11-25,40-41H2,1H3,(H,44,48)/b28-10+. The number of nitrogens with two attached hydrogens (primary N) is 2. The molecule has 4 aliphatic heterocycles. The zero-order chi connectivity index (χ0) is 34.6. The van der Waals surface area contributed by atoms with Gasteiger partial charge in [0.05, 0.1) is 23.7 Å². The predicted octanol–water partition coefficient (Wildman–Crippen LogP) is 2.63. The molecule has 0 aromatic rings. The maximum atomic E-state index is 16.6. The summed E-state index contributed by atoms with van der Waals surface area (Å²) in [6.07, 6.45) is 12.8. The number of rotatable bonds is 7. The minimum Gasteiger partial charge on any atom is -0.347 e. The van der Waals surface area contributed by atoms with Crippen LogP contribution in [0.2, 0.25) is 0 Å². The number of nitrogens with zero attached hydrogens (tertiary/aromatic N) is 3. The van der Waals surface area contributed by atoms with Crippen molar-refractivity contribution in [2.75, 3.05) is 66.0 Å². The van der Waals surface area contributed by atoms with Crippen molar-refractivity contribution in [3.05, 3.63) is 11.9 Å². The number of amides is 2. The number of likely N-dealkylation sites (N-methyl/N-ethyl adjacent to an activating group) is 1. The molecule has 7 N–H and O–H groups in total. The lowest BCUT2D eigenvalue weighted by Crippen LogP contribution is -2.77. The van der Waals surface area contributed by atoms with E-state index in [4.69, 9.17) is 11.5 Å². The average molecular weight is 691 g/mol. The summed E-state index contributed by atoms with van der Waals surface area (Å²) >= 11 is 0. The number of allylic oxidation sites excluding steroid dienone is 1. The Hall–Kier alpha value is -1.70. The van der Waals surface area contributed by atoms with Crippen molar-refractivity contribution in [2.24, 2.45) is 34.6 Å². The van der Waals surface area contributed by atoms with Crippen molar-refractivity contribution >= 4 is 11.8 Å². The fourth-order valence-electron chi connectivity index (χ4n) is 10.6. The van der Waals surface area contributed by atoms with Crippen LogP contribution in [0.1, 0.15) is 89.9 Å². The fourth-order valence-corrected chi connectivity index (χ4v) is 10.6. The van der Waals surface area contributed by atoms with Crippen LogP contribution in [0.15, 0.2) is 11.9 Å². The van der Waals surface area contributed by atoms with E-state index < -0.39 is 35.9 Å². The van der Waals surface area contributed by atoms with E-state index in [0.717, 1.165) is 84.0 Å². The Labute approximate surface area is 292 Å². The van der Waals surface area contributed by atoms with Crippen LogP contribution in [-0.4, -0.2) is 122 Å². The molecule has 2 aliphatic carbocycles. The number of hydrogen-bond acceptors (Lipinski definition) is 8. The van der Waals surface area contributed by atoms with Crippen LogP contribution in [0, 0.1) is 23.2 Å². The molecule has 6 aliphatic rings. The molecule has 278 valence electrons. The van der Waals surface area contributed by atoms with E-state index in [1.807, 2.05) is 4.90 Å². The topological polar surface area (TPSA) is 132 Å². The summed E-state index contributed by atoms with van der Waals surface area (Å²) in [7, 11) is 2.09. The first-order chi connectivity index (χ1) is 23.6. The summed E-state index contributed by atoms with van der Waals surface area (Å²) < 4.78 is 31.5. The molecule has 12 heteroatoms. The van der Waals surface area contributed by atoms with E-state index in [1.54, 1.807) is 6.08 Å². The highest BCUT2D eigenvalue weighted by atomic mass is 19.1. The van der Waals surface area contributed by atoms with Crippen LogP contribution in [0.4, 0.5) is 8.78 Å². The van der Waals surface area contributed by atoms with E-state index >= 15 is 4.39 Å². The van der Waals surface area contributed by atoms with Gasteiger partial charge in [-0.3, -0.25) is 14.5 Å². The zero-order valence-electron chi connectivity index (χ0n) is 30.0. The fraction of sp³-hybridized carbons (Fsp3) is 0.892. The molecular formula is C37H64F2N8O2. The van der Waals surface area contributed by atoms with Crippen LogP contribution < -0.4 is 27.4 Å². The highest BCUT2D eigenvalue weighted by Gasteiger charge is 2.56. The molecular weight excluding hydrogens is 626 g/mol. The first-order valence-electron chi connectivity index (χ1n) is 19.6. The highest BCUT2D eigenvalue weighted by Crippen LogP contribution is 2.46. The smallest absolute Gasteiger partial charge is 0.228 e. The SMILES string of the molecule is CN1CCN(C(=O)C2CCN(C3C(F)CNCC3(NC(=O)C(C(N)N)C3CC4(C/C=C(/F)CN3)CCCCC4)C3CCCCC3)CC2)CC1. The minimum atomic E-state index is -1.19. The second kappa shape index (κ2) is 16.3. The van der Waals surface area contributed by atoms with Crippen LogP contribution in [0.3, 0.4) is 0 Å². The second-order valence-electron chi connectivity index (χ2n) is 16.6. The first-order valence-corrected chi connectivity index (χ1v) is 19.6. The van der Waals surface area contributed by atoms with Crippen LogP contribution in [0.25, 0.3) is 0 Å². The molecule has 1 spiro atoms. The Kier molecular flexibility index (Phi) is 12.3. The molecule has 4 heterocycles. The molecule has 0 bridgehead atoms. The van der Waals surface area contributed by atoms with E-state index in [2.05, 4.69) is 32.8 Å². The van der Waals surface area contributed by atoms with Gasteiger partial charge in [-0.2, -0.15) is 0 Å². The van der Waals surface area contributed by atoms with Gasteiger partial charge in [0.15, 0.2) is 0 Å². The number of piperazine rings is 1. The lowest BCUT2D eigenvalue weighted by Gasteiger charge is -2.56. The third-order valence-electron chi connectivity index (χ3n) is 13.4. The lowest BCUT2D eigenvalue weighted by atomic mass is 9.65. The molecule has 3 saturated heterocycles. The van der Waals surface area contributed by atoms with Gasteiger partial charge in [0, 0.05) is 57.8 Å². The molecule has 5 atom stereocenters. The van der Waals surface area contributed by atoms with Crippen molar-refractivity contribution in [2.45, 2.75) is 120 Å². The number of piperidine rings is 2. The maximum Gasteiger partial charge on any atom is 0.228 e. The van der Waals surface area contributed by atoms with E-state index in [1.165, 1.54) is 6.42 Å². The molecule has 10 nitrogen and oxygen atoms in total. The molecule has 0 aromatic heterocycles. The molecule has 6 rings (SSSR count). The summed E-state index contributed by atoms with van der Waals surface area (Å²) in [6.45, 7) is 5.30. The molecule has 2 saturated carbocycles. The largest absolute Gasteiger partial charge is 0.347 e. The molecule has 5 fully saturated rings. The molecule has 2 amide bonds. The van der Waals surface area contributed by atoms with Crippen molar-refractivity contribution in [3.63, 3.8) is 0 Å². The number of carbonyl (C=O) groups is 2. The van der Waals surface area contributed by atoms with E-state index in [9.17, 15) is 14.0 Å². The van der Waals surface area contributed by atoms with Gasteiger partial charge in [0.2, 0.25) is 11.8 Å². The lowest BCUT2D eigenvalue weighted by molar-refractivity contribution is -0.140. The van der Waals surface area contributed by atoms with Crippen molar-refractivity contribution < 1.29 is 18.4 Å². The van der Waals surface area contributed by atoms with E-state index in [-0.39, 0.29) is 48.0 Å². The van der Waals surface area contributed by atoms with Crippen molar-refractivity contribution in [1.29, 1.82) is 0 Å². The summed E-state index contributed by atoms with van der Waals surface area (Å²) in [5, 5.41) is 10.2. The number of halogens is 2. The van der Waals surface area contributed by atoms with Gasteiger partial charge in [-0.15, -0.1) is 0 Å². The second-order valence-corrected chi connectivity index (χ2v) is 16.6. The molecule has 0 aromatic carbocycles. The first kappa shape index (κ1) is 37.1. The van der Waals surface area contributed by atoms with Crippen molar-refractivity contribution in [3.8, 4) is 0 Å². The zero-order valence-corrected chi connectivity index (χ0v) is 30.0. The van der Waals surface area contributed by atoms with Gasteiger partial charge in [0.1, 0.15) is 12.0 Å². The number of carbonyl (C=O) groups excluding carboxylic acids is 2. The average Bonchev–Trinajstić information content (AvgIpc) is 3.10.